The van der Waals surface area contributed by atoms with Crippen LogP contribution >= 0.6 is 0 Å². The van der Waals surface area contributed by atoms with Gasteiger partial charge in [0.2, 0.25) is 5.95 Å². The van der Waals surface area contributed by atoms with Crippen LogP contribution in [-0.2, 0) is 6.42 Å². The van der Waals surface area contributed by atoms with Gasteiger partial charge >= 0.3 is 12.0 Å². The Kier molecular flexibility index (Phi) is 4.70. The van der Waals surface area contributed by atoms with Gasteiger partial charge in [0.05, 0.1) is 6.61 Å². The molecule has 106 valence electrons. The fourth-order valence-corrected chi connectivity index (χ4v) is 1.55. The van der Waals surface area contributed by atoms with Crippen LogP contribution < -0.4 is 15.2 Å². The minimum absolute atomic E-state index is 0.0753. The molecule has 2 N–H and O–H groups in total. The van der Waals surface area contributed by atoms with Crippen molar-refractivity contribution in [2.24, 2.45) is 0 Å². The number of nitrogen functional groups attached to an aromatic ring is 1. The molecule has 6 heteroatoms. The summed E-state index contributed by atoms with van der Waals surface area (Å²) >= 11 is 0. The molecule has 20 heavy (non-hydrogen) atoms. The van der Waals surface area contributed by atoms with Gasteiger partial charge in [0.25, 0.3) is 0 Å². The summed E-state index contributed by atoms with van der Waals surface area (Å²) < 4.78 is 10.9. The van der Waals surface area contributed by atoms with E-state index in [1.54, 1.807) is 0 Å². The third-order valence-electron chi connectivity index (χ3n) is 2.59. The summed E-state index contributed by atoms with van der Waals surface area (Å²) in [5, 5.41) is 0. The first-order valence-electron chi connectivity index (χ1n) is 6.62. The monoisotopic (exact) mass is 274 g/mol. The van der Waals surface area contributed by atoms with E-state index in [4.69, 9.17) is 15.2 Å². The van der Waals surface area contributed by atoms with Gasteiger partial charge in [0, 0.05) is 0 Å². The van der Waals surface area contributed by atoms with E-state index in [2.05, 4.69) is 21.9 Å². The third kappa shape index (κ3) is 3.81. The topological polar surface area (TPSA) is 83.2 Å². The average molecular weight is 274 g/mol. The van der Waals surface area contributed by atoms with E-state index in [1.807, 2.05) is 31.2 Å². The molecule has 0 atom stereocenters. The van der Waals surface area contributed by atoms with Crippen molar-refractivity contribution in [1.29, 1.82) is 0 Å². The molecule has 0 bridgehead atoms. The van der Waals surface area contributed by atoms with Crippen molar-refractivity contribution in [2.75, 3.05) is 12.3 Å². The number of benzene rings is 1. The standard InChI is InChI=1S/C14H18N4O2/c1-3-9-19-13-16-12(15)17-14(18-13)20-11-7-5-10(4-2)6-8-11/h5-8H,3-4,9H2,1-2H3,(H2,15,16,17,18). The summed E-state index contributed by atoms with van der Waals surface area (Å²) in [4.78, 5) is 11.9. The van der Waals surface area contributed by atoms with Gasteiger partial charge < -0.3 is 15.2 Å². The number of hydrogen-bond acceptors (Lipinski definition) is 6. The van der Waals surface area contributed by atoms with E-state index in [9.17, 15) is 0 Å². The zero-order chi connectivity index (χ0) is 14.4. The smallest absolute Gasteiger partial charge is 0.330 e. The van der Waals surface area contributed by atoms with Crippen LogP contribution in [0.5, 0.6) is 17.8 Å². The zero-order valence-electron chi connectivity index (χ0n) is 11.7. The largest absolute Gasteiger partial charge is 0.463 e. The lowest BCUT2D eigenvalue weighted by atomic mass is 10.2. The van der Waals surface area contributed by atoms with Crippen molar-refractivity contribution in [3.8, 4) is 17.8 Å². The second-order valence-corrected chi connectivity index (χ2v) is 4.21. The maximum Gasteiger partial charge on any atom is 0.330 e. The van der Waals surface area contributed by atoms with Crippen LogP contribution in [0.1, 0.15) is 25.8 Å². The maximum absolute atomic E-state index is 5.61. The molecule has 0 aliphatic heterocycles. The Balaban J connectivity index is 2.12. The van der Waals surface area contributed by atoms with Crippen molar-refractivity contribution in [1.82, 2.24) is 15.0 Å². The van der Waals surface area contributed by atoms with E-state index in [-0.39, 0.29) is 18.0 Å². The molecule has 2 aromatic rings. The van der Waals surface area contributed by atoms with E-state index >= 15 is 0 Å². The highest BCUT2D eigenvalue weighted by atomic mass is 16.5. The predicted octanol–water partition coefficient (Wildman–Crippen LogP) is 2.60. The summed E-state index contributed by atoms with van der Waals surface area (Å²) in [5.74, 6) is 0.723. The van der Waals surface area contributed by atoms with E-state index in [1.165, 1.54) is 5.56 Å². The van der Waals surface area contributed by atoms with Gasteiger partial charge in [-0.15, -0.1) is 4.98 Å². The average Bonchev–Trinajstić information content (AvgIpc) is 2.45. The first-order valence-corrected chi connectivity index (χ1v) is 6.62. The van der Waals surface area contributed by atoms with Crippen molar-refractivity contribution in [2.45, 2.75) is 26.7 Å². The minimum atomic E-state index is 0.0753. The molecule has 0 saturated heterocycles. The van der Waals surface area contributed by atoms with Crippen LogP contribution in [0.3, 0.4) is 0 Å². The number of hydrogen-bond donors (Lipinski definition) is 1. The van der Waals surface area contributed by atoms with Gasteiger partial charge in [-0.25, -0.2) is 0 Å². The van der Waals surface area contributed by atoms with E-state index in [0.29, 0.717) is 12.4 Å². The minimum Gasteiger partial charge on any atom is -0.463 e. The number of nitrogens with two attached hydrogens (primary N) is 1. The first-order chi connectivity index (χ1) is 9.71. The summed E-state index contributed by atoms with van der Waals surface area (Å²) in [6, 6.07) is 8.03. The zero-order valence-corrected chi connectivity index (χ0v) is 11.7. The van der Waals surface area contributed by atoms with Gasteiger partial charge in [-0.1, -0.05) is 26.0 Å². The lowest BCUT2D eigenvalue weighted by Crippen LogP contribution is -2.05. The van der Waals surface area contributed by atoms with E-state index < -0.39 is 0 Å². The highest BCUT2D eigenvalue weighted by molar-refractivity contribution is 5.30. The summed E-state index contributed by atoms with van der Waals surface area (Å²) in [6.07, 6.45) is 1.84. The Hall–Kier alpha value is -2.37. The number of rotatable bonds is 6. The molecule has 1 aromatic carbocycles. The number of anilines is 1. The summed E-state index contributed by atoms with van der Waals surface area (Å²) in [5.41, 5.74) is 6.84. The predicted molar refractivity (Wildman–Crippen MR) is 75.9 cm³/mol. The molecule has 0 unspecified atom stereocenters. The fourth-order valence-electron chi connectivity index (χ4n) is 1.55. The van der Waals surface area contributed by atoms with Gasteiger partial charge in [-0.2, -0.15) is 9.97 Å². The van der Waals surface area contributed by atoms with Crippen molar-refractivity contribution < 1.29 is 9.47 Å². The lowest BCUT2D eigenvalue weighted by molar-refractivity contribution is 0.285. The molecule has 0 radical (unpaired) electrons. The Morgan fingerprint density at radius 1 is 1.00 bits per heavy atom. The second-order valence-electron chi connectivity index (χ2n) is 4.21. The molecular formula is C14H18N4O2. The Labute approximate surface area is 118 Å². The van der Waals surface area contributed by atoms with Gasteiger partial charge in [0.1, 0.15) is 5.75 Å². The number of nitrogens with zero attached hydrogens (tertiary/aromatic N) is 3. The Morgan fingerprint density at radius 3 is 2.35 bits per heavy atom. The molecule has 6 nitrogen and oxygen atoms in total. The van der Waals surface area contributed by atoms with Crippen LogP contribution in [0.4, 0.5) is 5.95 Å². The fraction of sp³-hybridized carbons (Fsp3) is 0.357. The van der Waals surface area contributed by atoms with Crippen LogP contribution in [0.15, 0.2) is 24.3 Å². The SMILES string of the molecule is CCCOc1nc(N)nc(Oc2ccc(CC)cc2)n1. The van der Waals surface area contributed by atoms with Gasteiger partial charge in [0.15, 0.2) is 0 Å². The molecule has 0 aliphatic rings. The first kappa shape index (κ1) is 14.0. The maximum atomic E-state index is 5.61. The number of aromatic nitrogens is 3. The van der Waals surface area contributed by atoms with Gasteiger partial charge in [-0.05, 0) is 30.5 Å². The molecule has 0 aliphatic carbocycles. The Morgan fingerprint density at radius 2 is 1.70 bits per heavy atom. The lowest BCUT2D eigenvalue weighted by Gasteiger charge is -2.07. The van der Waals surface area contributed by atoms with Gasteiger partial charge in [-0.3, -0.25) is 0 Å². The highest BCUT2D eigenvalue weighted by Gasteiger charge is 2.07. The molecule has 0 fully saturated rings. The van der Waals surface area contributed by atoms with Crippen LogP contribution in [-0.4, -0.2) is 21.6 Å². The van der Waals surface area contributed by atoms with Crippen LogP contribution in [0, 0.1) is 0 Å². The Bertz CT molecular complexity index is 558. The third-order valence-corrected chi connectivity index (χ3v) is 2.59. The summed E-state index contributed by atoms with van der Waals surface area (Å²) in [6.45, 7) is 4.62. The van der Waals surface area contributed by atoms with Crippen molar-refractivity contribution >= 4 is 5.95 Å². The molecule has 1 heterocycles. The van der Waals surface area contributed by atoms with Crippen LogP contribution in [0.2, 0.25) is 0 Å². The van der Waals surface area contributed by atoms with Crippen LogP contribution in [0.25, 0.3) is 0 Å². The van der Waals surface area contributed by atoms with Crippen molar-refractivity contribution in [3.63, 3.8) is 0 Å². The molecule has 0 saturated carbocycles. The highest BCUT2D eigenvalue weighted by Crippen LogP contribution is 2.20. The number of aryl methyl sites for hydroxylation is 1. The van der Waals surface area contributed by atoms with Crippen molar-refractivity contribution in [3.05, 3.63) is 29.8 Å². The van der Waals surface area contributed by atoms with E-state index in [0.717, 1.165) is 12.8 Å². The number of ether oxygens (including phenoxy) is 2. The normalized spacial score (nSPS) is 10.3. The molecule has 2 rings (SSSR count). The molecular weight excluding hydrogens is 256 g/mol. The molecule has 1 aromatic heterocycles. The quantitative estimate of drug-likeness (QED) is 0.871. The molecule has 0 spiro atoms. The summed E-state index contributed by atoms with van der Waals surface area (Å²) in [7, 11) is 0. The molecule has 0 amide bonds. The second kappa shape index (κ2) is 6.70.